The predicted octanol–water partition coefficient (Wildman–Crippen LogP) is 4.26. The first-order valence-electron chi connectivity index (χ1n) is 6.19. The van der Waals surface area contributed by atoms with E-state index in [0.717, 1.165) is 17.0 Å². The van der Waals surface area contributed by atoms with Crippen LogP contribution in [-0.2, 0) is 6.18 Å². The number of rotatable bonds is 2. The molecule has 104 valence electrons. The van der Waals surface area contributed by atoms with E-state index in [2.05, 4.69) is 0 Å². The van der Waals surface area contributed by atoms with Crippen LogP contribution < -0.4 is 5.73 Å². The Kier molecular flexibility index (Phi) is 3.34. The minimum atomic E-state index is -4.32. The van der Waals surface area contributed by atoms with E-state index in [4.69, 9.17) is 5.73 Å². The van der Waals surface area contributed by atoms with Gasteiger partial charge in [0.25, 0.3) is 0 Å². The second kappa shape index (κ2) is 4.56. The number of nitrogens with zero attached hydrogens (tertiary/aromatic N) is 1. The number of fused-ring (bicyclic) bond motifs is 1. The average Bonchev–Trinajstić information content (AvgIpc) is 2.66. The average molecular weight is 270 g/mol. The van der Waals surface area contributed by atoms with E-state index in [0.29, 0.717) is 5.52 Å². The third-order valence-corrected chi connectivity index (χ3v) is 3.24. The molecule has 2 N–H and O–H groups in total. The van der Waals surface area contributed by atoms with Gasteiger partial charge in [-0.25, -0.2) is 0 Å². The number of hydrogen-bond acceptors (Lipinski definition) is 1. The molecule has 0 aliphatic carbocycles. The van der Waals surface area contributed by atoms with Crippen LogP contribution in [0.15, 0.2) is 24.4 Å². The smallest absolute Gasteiger partial charge is 0.345 e. The second-order valence-corrected chi connectivity index (χ2v) is 5.10. The normalized spacial score (nSPS) is 14.3. The van der Waals surface area contributed by atoms with E-state index in [1.807, 2.05) is 31.5 Å². The molecule has 1 heterocycles. The highest BCUT2D eigenvalue weighted by Crippen LogP contribution is 2.34. The van der Waals surface area contributed by atoms with Gasteiger partial charge >= 0.3 is 6.18 Å². The van der Waals surface area contributed by atoms with Gasteiger partial charge in [-0.2, -0.15) is 13.2 Å². The van der Waals surface area contributed by atoms with Gasteiger partial charge in [-0.15, -0.1) is 0 Å². The van der Waals surface area contributed by atoms with Crippen LogP contribution in [0.5, 0.6) is 0 Å². The Morgan fingerprint density at radius 1 is 1.16 bits per heavy atom. The fourth-order valence-electron chi connectivity index (χ4n) is 2.24. The Labute approximate surface area is 110 Å². The molecule has 19 heavy (non-hydrogen) atoms. The standard InChI is InChI=1S/C14H17F3N2/c1-8(2)19-7-12(9(3)18)11-5-4-10(6-13(11)19)14(15,16)17/h4-9H,18H2,1-3H3. The predicted molar refractivity (Wildman–Crippen MR) is 69.9 cm³/mol. The number of alkyl halides is 3. The van der Waals surface area contributed by atoms with E-state index in [-0.39, 0.29) is 12.1 Å². The van der Waals surface area contributed by atoms with E-state index in [9.17, 15) is 13.2 Å². The zero-order valence-electron chi connectivity index (χ0n) is 11.1. The molecule has 0 amide bonds. The molecule has 1 unspecified atom stereocenters. The molecule has 0 spiro atoms. The molecule has 5 heteroatoms. The van der Waals surface area contributed by atoms with Crippen molar-refractivity contribution in [1.29, 1.82) is 0 Å². The van der Waals surface area contributed by atoms with Gasteiger partial charge in [0.15, 0.2) is 0 Å². The van der Waals surface area contributed by atoms with Crippen LogP contribution in [0.25, 0.3) is 10.9 Å². The lowest BCUT2D eigenvalue weighted by atomic mass is 10.1. The van der Waals surface area contributed by atoms with Crippen molar-refractivity contribution in [1.82, 2.24) is 4.57 Å². The number of halogens is 3. The van der Waals surface area contributed by atoms with Crippen LogP contribution in [0.1, 0.15) is 44.0 Å². The quantitative estimate of drug-likeness (QED) is 0.868. The van der Waals surface area contributed by atoms with Crippen molar-refractivity contribution < 1.29 is 13.2 Å². The van der Waals surface area contributed by atoms with E-state index >= 15 is 0 Å². The van der Waals surface area contributed by atoms with Crippen molar-refractivity contribution in [2.45, 2.75) is 39.0 Å². The topological polar surface area (TPSA) is 30.9 Å². The van der Waals surface area contributed by atoms with E-state index in [1.54, 1.807) is 0 Å². The van der Waals surface area contributed by atoms with Crippen molar-refractivity contribution in [3.8, 4) is 0 Å². The number of aromatic nitrogens is 1. The minimum absolute atomic E-state index is 0.0819. The molecule has 0 fully saturated rings. The van der Waals surface area contributed by atoms with Gasteiger partial charge in [0.2, 0.25) is 0 Å². The molecule has 1 aromatic carbocycles. The van der Waals surface area contributed by atoms with Crippen molar-refractivity contribution in [3.63, 3.8) is 0 Å². The first kappa shape index (κ1) is 13.9. The summed E-state index contributed by atoms with van der Waals surface area (Å²) in [5.74, 6) is 0. The van der Waals surface area contributed by atoms with Gasteiger partial charge in [0, 0.05) is 29.2 Å². The lowest BCUT2D eigenvalue weighted by Crippen LogP contribution is -2.05. The van der Waals surface area contributed by atoms with Gasteiger partial charge in [-0.3, -0.25) is 0 Å². The molecule has 0 bridgehead atoms. The van der Waals surface area contributed by atoms with Crippen LogP contribution in [0.2, 0.25) is 0 Å². The zero-order valence-corrected chi connectivity index (χ0v) is 11.1. The highest BCUT2D eigenvalue weighted by atomic mass is 19.4. The minimum Gasteiger partial charge on any atom is -0.345 e. The summed E-state index contributed by atoms with van der Waals surface area (Å²) >= 11 is 0. The first-order valence-corrected chi connectivity index (χ1v) is 6.19. The van der Waals surface area contributed by atoms with Gasteiger partial charge < -0.3 is 10.3 Å². The van der Waals surface area contributed by atoms with Gasteiger partial charge in [-0.1, -0.05) is 6.07 Å². The molecule has 2 nitrogen and oxygen atoms in total. The molecule has 0 saturated heterocycles. The molecule has 0 aliphatic rings. The highest BCUT2D eigenvalue weighted by Gasteiger charge is 2.31. The van der Waals surface area contributed by atoms with Crippen LogP contribution in [0, 0.1) is 0 Å². The third-order valence-electron chi connectivity index (χ3n) is 3.24. The Hall–Kier alpha value is -1.49. The number of hydrogen-bond donors (Lipinski definition) is 1. The number of nitrogens with two attached hydrogens (primary N) is 1. The van der Waals surface area contributed by atoms with Crippen LogP contribution in [0.3, 0.4) is 0 Å². The molecule has 1 atom stereocenters. The fraction of sp³-hybridized carbons (Fsp3) is 0.429. The van der Waals surface area contributed by atoms with E-state index in [1.165, 1.54) is 12.1 Å². The maximum Gasteiger partial charge on any atom is 0.416 e. The molecular formula is C14H17F3N2. The molecule has 2 aromatic rings. The molecule has 2 rings (SSSR count). The molecule has 1 aromatic heterocycles. The van der Waals surface area contributed by atoms with Crippen molar-refractivity contribution in [3.05, 3.63) is 35.5 Å². The van der Waals surface area contributed by atoms with Gasteiger partial charge in [-0.05, 0) is 38.5 Å². The molecule has 0 radical (unpaired) electrons. The molecule has 0 aliphatic heterocycles. The summed E-state index contributed by atoms with van der Waals surface area (Å²) in [6, 6.07) is 3.69. The third kappa shape index (κ3) is 2.47. The Morgan fingerprint density at radius 2 is 1.79 bits per heavy atom. The summed E-state index contributed by atoms with van der Waals surface area (Å²) < 4.78 is 40.2. The summed E-state index contributed by atoms with van der Waals surface area (Å²) in [6.45, 7) is 5.70. The summed E-state index contributed by atoms with van der Waals surface area (Å²) in [5, 5.41) is 0.789. The largest absolute Gasteiger partial charge is 0.416 e. The van der Waals surface area contributed by atoms with E-state index < -0.39 is 11.7 Å². The first-order chi connectivity index (χ1) is 8.71. The SMILES string of the molecule is CC(N)c1cn(C(C)C)c2cc(C(F)(F)F)ccc12. The second-order valence-electron chi connectivity index (χ2n) is 5.10. The monoisotopic (exact) mass is 270 g/mol. The summed E-state index contributed by atoms with van der Waals surface area (Å²) in [4.78, 5) is 0. The Balaban J connectivity index is 2.73. The molecule has 0 saturated carbocycles. The summed E-state index contributed by atoms with van der Waals surface area (Å²) in [6.07, 6.45) is -2.48. The lowest BCUT2D eigenvalue weighted by molar-refractivity contribution is -0.137. The Bertz CT molecular complexity index is 594. The van der Waals surface area contributed by atoms with Crippen molar-refractivity contribution in [2.75, 3.05) is 0 Å². The van der Waals surface area contributed by atoms with Crippen molar-refractivity contribution >= 4 is 10.9 Å². The van der Waals surface area contributed by atoms with Gasteiger partial charge in [0.1, 0.15) is 0 Å². The number of benzene rings is 1. The van der Waals surface area contributed by atoms with Crippen molar-refractivity contribution in [2.24, 2.45) is 5.73 Å². The molecular weight excluding hydrogens is 253 g/mol. The van der Waals surface area contributed by atoms with Crippen LogP contribution in [0.4, 0.5) is 13.2 Å². The lowest BCUT2D eigenvalue weighted by Gasteiger charge is -2.11. The Morgan fingerprint density at radius 3 is 2.26 bits per heavy atom. The maximum absolute atomic E-state index is 12.8. The van der Waals surface area contributed by atoms with Crippen LogP contribution >= 0.6 is 0 Å². The van der Waals surface area contributed by atoms with Crippen LogP contribution in [-0.4, -0.2) is 4.57 Å². The van der Waals surface area contributed by atoms with Gasteiger partial charge in [0.05, 0.1) is 5.56 Å². The summed E-state index contributed by atoms with van der Waals surface area (Å²) in [7, 11) is 0. The highest BCUT2D eigenvalue weighted by molar-refractivity contribution is 5.85. The maximum atomic E-state index is 12.8. The fourth-order valence-corrected chi connectivity index (χ4v) is 2.24. The zero-order chi connectivity index (χ0) is 14.4. The summed E-state index contributed by atoms with van der Waals surface area (Å²) in [5.41, 5.74) is 6.71.